The Labute approximate surface area is 95.3 Å². The molecule has 0 saturated carbocycles. The molecule has 0 rings (SSSR count). The number of hydrogen-bond acceptors (Lipinski definition) is 2. The predicted octanol–water partition coefficient (Wildman–Crippen LogP) is 3.85. The molecule has 0 aromatic rings. The highest BCUT2D eigenvalue weighted by Gasteiger charge is 2.24. The molecule has 0 atom stereocenters. The highest BCUT2D eigenvalue weighted by molar-refractivity contribution is 4.72. The Hall–Kier alpha value is -0.0800. The molecule has 0 aliphatic rings. The smallest absolute Gasteiger partial charge is 0.158 e. The van der Waals surface area contributed by atoms with Gasteiger partial charge in [0.15, 0.2) is 6.29 Å². The second kappa shape index (κ2) is 7.24. The summed E-state index contributed by atoms with van der Waals surface area (Å²) in [6, 6.07) is 0. The zero-order chi connectivity index (χ0) is 11.9. The van der Waals surface area contributed by atoms with Crippen molar-refractivity contribution in [2.24, 2.45) is 11.3 Å². The summed E-state index contributed by atoms with van der Waals surface area (Å²) < 4.78 is 11.2. The zero-order valence-corrected chi connectivity index (χ0v) is 11.3. The van der Waals surface area contributed by atoms with Crippen LogP contribution in [0.4, 0.5) is 0 Å². The van der Waals surface area contributed by atoms with Crippen molar-refractivity contribution >= 4 is 0 Å². The molecule has 0 aromatic carbocycles. The summed E-state index contributed by atoms with van der Waals surface area (Å²) in [5.74, 6) is 0.726. The largest absolute Gasteiger partial charge is 0.353 e. The molecule has 0 aliphatic carbocycles. The van der Waals surface area contributed by atoms with Gasteiger partial charge in [-0.25, -0.2) is 0 Å². The third kappa shape index (κ3) is 7.80. The second-order valence-electron chi connectivity index (χ2n) is 5.31. The van der Waals surface area contributed by atoms with Gasteiger partial charge in [-0.2, -0.15) is 0 Å². The second-order valence-corrected chi connectivity index (χ2v) is 5.31. The fourth-order valence-electron chi connectivity index (χ4n) is 2.18. The van der Waals surface area contributed by atoms with E-state index in [1.54, 1.807) is 0 Å². The van der Waals surface area contributed by atoms with E-state index in [9.17, 15) is 0 Å². The minimum absolute atomic E-state index is 0.0336. The molecule has 2 heteroatoms. The van der Waals surface area contributed by atoms with Gasteiger partial charge in [-0.05, 0) is 31.6 Å². The van der Waals surface area contributed by atoms with E-state index in [1.807, 2.05) is 13.8 Å². The Morgan fingerprint density at radius 2 is 1.40 bits per heavy atom. The van der Waals surface area contributed by atoms with Gasteiger partial charge >= 0.3 is 0 Å². The van der Waals surface area contributed by atoms with E-state index in [-0.39, 0.29) is 6.29 Å². The van der Waals surface area contributed by atoms with Crippen molar-refractivity contribution in [2.45, 2.75) is 60.7 Å². The van der Waals surface area contributed by atoms with Crippen LogP contribution in [-0.2, 0) is 9.47 Å². The summed E-state index contributed by atoms with van der Waals surface area (Å²) in [5, 5.41) is 0. The van der Waals surface area contributed by atoms with E-state index in [2.05, 4.69) is 27.7 Å². The van der Waals surface area contributed by atoms with Crippen molar-refractivity contribution in [3.8, 4) is 0 Å². The molecule has 0 aromatic heterocycles. The van der Waals surface area contributed by atoms with Gasteiger partial charge in [0, 0.05) is 19.6 Å². The first kappa shape index (κ1) is 14.9. The fraction of sp³-hybridized carbons (Fsp3) is 1.00. The Kier molecular flexibility index (Phi) is 7.20. The molecule has 0 radical (unpaired) electrons. The Morgan fingerprint density at radius 3 is 1.73 bits per heavy atom. The van der Waals surface area contributed by atoms with E-state index >= 15 is 0 Å². The molecule has 0 saturated heterocycles. The van der Waals surface area contributed by atoms with Crippen LogP contribution in [0.1, 0.15) is 54.4 Å². The quantitative estimate of drug-likeness (QED) is 0.574. The van der Waals surface area contributed by atoms with E-state index < -0.39 is 0 Å². The number of hydrogen-bond donors (Lipinski definition) is 0. The van der Waals surface area contributed by atoms with Gasteiger partial charge in [-0.15, -0.1) is 0 Å². The summed E-state index contributed by atoms with van der Waals surface area (Å²) in [6.07, 6.45) is 2.16. The van der Waals surface area contributed by atoms with Gasteiger partial charge in [-0.3, -0.25) is 0 Å². The summed E-state index contributed by atoms with van der Waals surface area (Å²) in [7, 11) is 0. The molecule has 15 heavy (non-hydrogen) atoms. The minimum Gasteiger partial charge on any atom is -0.353 e. The van der Waals surface area contributed by atoms with Crippen LogP contribution in [-0.4, -0.2) is 19.5 Å². The topological polar surface area (TPSA) is 18.5 Å². The molecule has 0 aliphatic heterocycles. The molecule has 0 heterocycles. The van der Waals surface area contributed by atoms with Gasteiger partial charge in [0.05, 0.1) is 0 Å². The van der Waals surface area contributed by atoms with E-state index in [4.69, 9.17) is 9.47 Å². The van der Waals surface area contributed by atoms with Gasteiger partial charge < -0.3 is 9.47 Å². The lowest BCUT2D eigenvalue weighted by molar-refractivity contribution is -0.154. The maximum atomic E-state index is 5.58. The van der Waals surface area contributed by atoms with Crippen molar-refractivity contribution < 1.29 is 9.47 Å². The van der Waals surface area contributed by atoms with E-state index in [1.165, 1.54) is 6.42 Å². The first-order chi connectivity index (χ1) is 6.91. The van der Waals surface area contributed by atoms with Crippen LogP contribution in [0.15, 0.2) is 0 Å². The van der Waals surface area contributed by atoms with Crippen LogP contribution in [0.25, 0.3) is 0 Å². The highest BCUT2D eigenvalue weighted by Crippen LogP contribution is 2.31. The molecule has 0 bridgehead atoms. The summed E-state index contributed by atoms with van der Waals surface area (Å²) in [6.45, 7) is 14.6. The average Bonchev–Trinajstić information content (AvgIpc) is 2.01. The molecular formula is C13H28O2. The van der Waals surface area contributed by atoms with Crippen molar-refractivity contribution in [1.82, 2.24) is 0 Å². The van der Waals surface area contributed by atoms with Crippen LogP contribution in [0, 0.1) is 11.3 Å². The standard InChI is InChI=1S/C13H28O2/c1-7-14-12(15-8-2)10-13(5,6)9-11(3)4/h11-12H,7-10H2,1-6H3. The van der Waals surface area contributed by atoms with E-state index in [0.717, 1.165) is 25.6 Å². The van der Waals surface area contributed by atoms with Gasteiger partial charge in [-0.1, -0.05) is 27.7 Å². The molecule has 92 valence electrons. The predicted molar refractivity (Wildman–Crippen MR) is 64.9 cm³/mol. The van der Waals surface area contributed by atoms with Crippen LogP contribution in [0.5, 0.6) is 0 Å². The summed E-state index contributed by atoms with van der Waals surface area (Å²) in [4.78, 5) is 0. The molecule has 0 N–H and O–H groups in total. The number of rotatable bonds is 8. The van der Waals surface area contributed by atoms with Crippen molar-refractivity contribution in [1.29, 1.82) is 0 Å². The average molecular weight is 216 g/mol. The first-order valence-corrected chi connectivity index (χ1v) is 6.14. The lowest BCUT2D eigenvalue weighted by atomic mass is 9.81. The lowest BCUT2D eigenvalue weighted by Gasteiger charge is -2.30. The van der Waals surface area contributed by atoms with Gasteiger partial charge in [0.1, 0.15) is 0 Å². The third-order valence-electron chi connectivity index (χ3n) is 2.39. The Morgan fingerprint density at radius 1 is 0.933 bits per heavy atom. The van der Waals surface area contributed by atoms with Crippen LogP contribution < -0.4 is 0 Å². The Bertz CT molecular complexity index is 147. The lowest BCUT2D eigenvalue weighted by Crippen LogP contribution is -2.27. The maximum Gasteiger partial charge on any atom is 0.158 e. The van der Waals surface area contributed by atoms with E-state index in [0.29, 0.717) is 5.41 Å². The van der Waals surface area contributed by atoms with Crippen LogP contribution in [0.3, 0.4) is 0 Å². The molecular weight excluding hydrogens is 188 g/mol. The highest BCUT2D eigenvalue weighted by atomic mass is 16.7. The van der Waals surface area contributed by atoms with Crippen molar-refractivity contribution in [3.63, 3.8) is 0 Å². The maximum absolute atomic E-state index is 5.58. The normalized spacial score (nSPS) is 12.8. The van der Waals surface area contributed by atoms with Crippen molar-refractivity contribution in [2.75, 3.05) is 13.2 Å². The SMILES string of the molecule is CCOC(CC(C)(C)CC(C)C)OCC. The third-order valence-corrected chi connectivity index (χ3v) is 2.39. The molecule has 2 nitrogen and oxygen atoms in total. The molecule has 0 amide bonds. The van der Waals surface area contributed by atoms with Crippen LogP contribution in [0.2, 0.25) is 0 Å². The number of ether oxygens (including phenoxy) is 2. The molecule has 0 spiro atoms. The summed E-state index contributed by atoms with van der Waals surface area (Å²) in [5.41, 5.74) is 0.295. The van der Waals surface area contributed by atoms with Crippen molar-refractivity contribution in [3.05, 3.63) is 0 Å². The first-order valence-electron chi connectivity index (χ1n) is 6.14. The molecule has 0 fully saturated rings. The Balaban J connectivity index is 4.11. The zero-order valence-electron chi connectivity index (χ0n) is 11.3. The van der Waals surface area contributed by atoms with Crippen LogP contribution >= 0.6 is 0 Å². The fourth-order valence-corrected chi connectivity index (χ4v) is 2.18. The summed E-state index contributed by atoms with van der Waals surface area (Å²) >= 11 is 0. The van der Waals surface area contributed by atoms with Gasteiger partial charge in [0.2, 0.25) is 0 Å². The minimum atomic E-state index is -0.0336. The molecule has 0 unspecified atom stereocenters. The monoisotopic (exact) mass is 216 g/mol. The van der Waals surface area contributed by atoms with Gasteiger partial charge in [0.25, 0.3) is 0 Å².